The Morgan fingerprint density at radius 3 is 2.73 bits per heavy atom. The minimum atomic E-state index is -0.263. The van der Waals surface area contributed by atoms with E-state index in [1.807, 2.05) is 36.5 Å². The van der Waals surface area contributed by atoms with Gasteiger partial charge in [0.2, 0.25) is 0 Å². The first kappa shape index (κ1) is 17.8. The number of aromatic amines is 1. The lowest BCUT2D eigenvalue weighted by Crippen LogP contribution is -2.13. The number of nitrogens with zero attached hydrogens (tertiary/aromatic N) is 1. The quantitative estimate of drug-likeness (QED) is 0.377. The third-order valence-electron chi connectivity index (χ3n) is 4.95. The van der Waals surface area contributed by atoms with Crippen molar-refractivity contribution in [3.63, 3.8) is 0 Å². The summed E-state index contributed by atoms with van der Waals surface area (Å²) >= 11 is 0. The molecule has 0 fully saturated rings. The molecular formula is C24H17N3O3. The van der Waals surface area contributed by atoms with Crippen molar-refractivity contribution in [2.24, 2.45) is 0 Å². The second kappa shape index (κ2) is 7.25. The predicted octanol–water partition coefficient (Wildman–Crippen LogP) is 5.45. The number of furan rings is 1. The molecule has 146 valence electrons. The number of phenols is 1. The molecule has 3 N–H and O–H groups in total. The minimum absolute atomic E-state index is 0.0926. The number of anilines is 1. The largest absolute Gasteiger partial charge is 0.508 e. The summed E-state index contributed by atoms with van der Waals surface area (Å²) in [6, 6.07) is 17.7. The Hall–Kier alpha value is -4.32. The number of H-pyrrole nitrogens is 1. The van der Waals surface area contributed by atoms with Crippen LogP contribution in [-0.2, 0) is 0 Å². The van der Waals surface area contributed by atoms with Crippen molar-refractivity contribution in [3.8, 4) is 28.0 Å². The van der Waals surface area contributed by atoms with E-state index in [0.717, 1.165) is 33.3 Å². The van der Waals surface area contributed by atoms with Gasteiger partial charge < -0.3 is 19.8 Å². The van der Waals surface area contributed by atoms with Gasteiger partial charge in [-0.3, -0.25) is 4.79 Å². The van der Waals surface area contributed by atoms with Crippen LogP contribution in [0.2, 0.25) is 0 Å². The SMILES string of the molecule is O=C(Nc1cccc(O)c1)c1ccccc1-c1cnc2[nH]cc(-c3ccoc3)c2c1. The average molecular weight is 395 g/mol. The Balaban J connectivity index is 1.56. The van der Waals surface area contributed by atoms with Gasteiger partial charge in [-0.25, -0.2) is 4.98 Å². The maximum Gasteiger partial charge on any atom is 0.256 e. The smallest absolute Gasteiger partial charge is 0.256 e. The van der Waals surface area contributed by atoms with Crippen LogP contribution in [0, 0.1) is 0 Å². The van der Waals surface area contributed by atoms with E-state index in [0.29, 0.717) is 11.3 Å². The van der Waals surface area contributed by atoms with Crippen LogP contribution >= 0.6 is 0 Å². The summed E-state index contributed by atoms with van der Waals surface area (Å²) in [5.41, 5.74) is 5.33. The number of carbonyl (C=O) groups is 1. The zero-order valence-corrected chi connectivity index (χ0v) is 15.8. The Bertz CT molecular complexity index is 1350. The fourth-order valence-electron chi connectivity index (χ4n) is 3.52. The Labute approximate surface area is 171 Å². The van der Waals surface area contributed by atoms with Gasteiger partial charge in [0.05, 0.1) is 12.5 Å². The fourth-order valence-corrected chi connectivity index (χ4v) is 3.52. The van der Waals surface area contributed by atoms with Gasteiger partial charge in [-0.1, -0.05) is 24.3 Å². The molecule has 0 unspecified atom stereocenters. The zero-order valence-electron chi connectivity index (χ0n) is 15.8. The van der Waals surface area contributed by atoms with Crippen molar-refractivity contribution in [1.29, 1.82) is 0 Å². The van der Waals surface area contributed by atoms with Gasteiger partial charge >= 0.3 is 0 Å². The molecule has 0 bridgehead atoms. The molecule has 5 aromatic rings. The highest BCUT2D eigenvalue weighted by Crippen LogP contribution is 2.32. The molecular weight excluding hydrogens is 378 g/mol. The summed E-state index contributed by atoms with van der Waals surface area (Å²) in [6.45, 7) is 0. The van der Waals surface area contributed by atoms with Crippen molar-refractivity contribution in [1.82, 2.24) is 9.97 Å². The Morgan fingerprint density at radius 2 is 1.90 bits per heavy atom. The summed E-state index contributed by atoms with van der Waals surface area (Å²) < 4.78 is 5.21. The van der Waals surface area contributed by atoms with Gasteiger partial charge in [-0.2, -0.15) is 0 Å². The fraction of sp³-hybridized carbons (Fsp3) is 0. The highest BCUT2D eigenvalue weighted by Gasteiger charge is 2.15. The second-order valence-electron chi connectivity index (χ2n) is 6.88. The maximum absolute atomic E-state index is 13.0. The van der Waals surface area contributed by atoms with Crippen LogP contribution in [0.3, 0.4) is 0 Å². The van der Waals surface area contributed by atoms with Crippen molar-refractivity contribution < 1.29 is 14.3 Å². The van der Waals surface area contributed by atoms with Gasteiger partial charge in [0, 0.05) is 51.8 Å². The molecule has 5 rings (SSSR count). The number of phenolic OH excluding ortho intramolecular Hbond substituents is 1. The molecule has 0 saturated carbocycles. The van der Waals surface area contributed by atoms with Crippen molar-refractivity contribution in [2.45, 2.75) is 0 Å². The molecule has 30 heavy (non-hydrogen) atoms. The highest BCUT2D eigenvalue weighted by molar-refractivity contribution is 6.09. The molecule has 2 aromatic carbocycles. The first-order valence-corrected chi connectivity index (χ1v) is 9.38. The summed E-state index contributed by atoms with van der Waals surface area (Å²) in [5, 5.41) is 13.4. The van der Waals surface area contributed by atoms with E-state index in [4.69, 9.17) is 4.42 Å². The van der Waals surface area contributed by atoms with Crippen LogP contribution in [0.15, 0.2) is 90.0 Å². The molecule has 0 spiro atoms. The molecule has 6 heteroatoms. The lowest BCUT2D eigenvalue weighted by atomic mass is 9.98. The summed E-state index contributed by atoms with van der Waals surface area (Å²) in [5.74, 6) is -0.171. The number of aromatic hydroxyl groups is 1. The number of aromatic nitrogens is 2. The van der Waals surface area contributed by atoms with Gasteiger partial charge in [-0.15, -0.1) is 0 Å². The van der Waals surface area contributed by atoms with Crippen LogP contribution in [-0.4, -0.2) is 21.0 Å². The van der Waals surface area contributed by atoms with E-state index >= 15 is 0 Å². The number of carbonyl (C=O) groups excluding carboxylic acids is 1. The summed E-state index contributed by atoms with van der Waals surface area (Å²) in [6.07, 6.45) is 6.96. The monoisotopic (exact) mass is 395 g/mol. The van der Waals surface area contributed by atoms with E-state index in [1.54, 1.807) is 43.0 Å². The van der Waals surface area contributed by atoms with Crippen molar-refractivity contribution in [3.05, 3.63) is 91.1 Å². The van der Waals surface area contributed by atoms with E-state index in [-0.39, 0.29) is 11.7 Å². The van der Waals surface area contributed by atoms with Crippen LogP contribution in [0.4, 0.5) is 5.69 Å². The number of amides is 1. The van der Waals surface area contributed by atoms with Crippen molar-refractivity contribution >= 4 is 22.6 Å². The van der Waals surface area contributed by atoms with Gasteiger partial charge in [-0.05, 0) is 35.9 Å². The first-order chi connectivity index (χ1) is 14.7. The molecule has 1 amide bonds. The number of fused-ring (bicyclic) bond motifs is 1. The van der Waals surface area contributed by atoms with Crippen LogP contribution in [0.5, 0.6) is 5.75 Å². The van der Waals surface area contributed by atoms with E-state index < -0.39 is 0 Å². The molecule has 3 heterocycles. The van der Waals surface area contributed by atoms with Gasteiger partial charge in [0.15, 0.2) is 0 Å². The molecule has 0 atom stereocenters. The topological polar surface area (TPSA) is 91.1 Å². The van der Waals surface area contributed by atoms with Gasteiger partial charge in [0.1, 0.15) is 11.4 Å². The predicted molar refractivity (Wildman–Crippen MR) is 115 cm³/mol. The number of nitrogens with one attached hydrogen (secondary N) is 2. The number of hydrogen-bond donors (Lipinski definition) is 3. The highest BCUT2D eigenvalue weighted by atomic mass is 16.3. The molecule has 3 aromatic heterocycles. The Morgan fingerprint density at radius 1 is 1.00 bits per heavy atom. The molecule has 6 nitrogen and oxygen atoms in total. The molecule has 0 radical (unpaired) electrons. The first-order valence-electron chi connectivity index (χ1n) is 9.38. The number of rotatable bonds is 4. The van der Waals surface area contributed by atoms with Crippen LogP contribution in [0.25, 0.3) is 33.3 Å². The van der Waals surface area contributed by atoms with Crippen LogP contribution < -0.4 is 5.32 Å². The third-order valence-corrected chi connectivity index (χ3v) is 4.95. The standard InChI is InChI=1S/C24H17N3O3/c28-18-5-3-4-17(11-18)27-24(29)20-7-2-1-6-19(20)16-10-21-22(15-8-9-30-14-15)13-26-23(21)25-12-16/h1-14,28H,(H,25,26)(H,27,29). The third kappa shape index (κ3) is 3.20. The molecule has 0 saturated heterocycles. The number of benzene rings is 2. The van der Waals surface area contributed by atoms with E-state index in [1.165, 1.54) is 6.07 Å². The Kier molecular flexibility index (Phi) is 4.29. The number of hydrogen-bond acceptors (Lipinski definition) is 4. The van der Waals surface area contributed by atoms with Gasteiger partial charge in [0.25, 0.3) is 5.91 Å². The van der Waals surface area contributed by atoms with Crippen LogP contribution in [0.1, 0.15) is 10.4 Å². The number of pyridine rings is 1. The zero-order chi connectivity index (χ0) is 20.5. The molecule has 0 aliphatic heterocycles. The lowest BCUT2D eigenvalue weighted by Gasteiger charge is -2.11. The summed E-state index contributed by atoms with van der Waals surface area (Å²) in [7, 11) is 0. The lowest BCUT2D eigenvalue weighted by molar-refractivity contribution is 0.102. The average Bonchev–Trinajstić information content (AvgIpc) is 3.43. The van der Waals surface area contributed by atoms with E-state index in [9.17, 15) is 9.90 Å². The molecule has 0 aliphatic rings. The maximum atomic E-state index is 13.0. The van der Waals surface area contributed by atoms with E-state index in [2.05, 4.69) is 15.3 Å². The summed E-state index contributed by atoms with van der Waals surface area (Å²) in [4.78, 5) is 20.7. The minimum Gasteiger partial charge on any atom is -0.508 e. The normalized spacial score (nSPS) is 10.9. The second-order valence-corrected chi connectivity index (χ2v) is 6.88. The molecule has 0 aliphatic carbocycles. The van der Waals surface area contributed by atoms with Crippen molar-refractivity contribution in [2.75, 3.05) is 5.32 Å².